The first kappa shape index (κ1) is 13.9. The number of aliphatic hydroxyl groups is 1. The molecular weight excluding hydrogens is 291 g/mol. The number of rotatable bonds is 4. The molecule has 4 nitrogen and oxygen atoms in total. The summed E-state index contributed by atoms with van der Waals surface area (Å²) in [6.07, 6.45) is 0.472. The van der Waals surface area contributed by atoms with Crippen LogP contribution >= 0.6 is 15.9 Å². The minimum absolute atomic E-state index is 0.00690. The van der Waals surface area contributed by atoms with Crippen LogP contribution in [0, 0.1) is 5.82 Å². The van der Waals surface area contributed by atoms with Crippen LogP contribution in [0.4, 0.5) is 14.9 Å². The summed E-state index contributed by atoms with van der Waals surface area (Å²) in [6.45, 7) is 1.78. The van der Waals surface area contributed by atoms with Gasteiger partial charge in [-0.3, -0.25) is 0 Å². The van der Waals surface area contributed by atoms with Gasteiger partial charge in [0.15, 0.2) is 0 Å². The Bertz CT molecular complexity index is 381. The first-order valence-electron chi connectivity index (χ1n) is 5.15. The molecule has 1 aromatic rings. The van der Waals surface area contributed by atoms with Gasteiger partial charge in [-0.15, -0.1) is 0 Å². The normalized spacial score (nSPS) is 12.0. The number of hydrogen-bond acceptors (Lipinski definition) is 2. The van der Waals surface area contributed by atoms with Crippen LogP contribution in [0.15, 0.2) is 22.7 Å². The van der Waals surface area contributed by atoms with Crippen molar-refractivity contribution in [3.63, 3.8) is 0 Å². The summed E-state index contributed by atoms with van der Waals surface area (Å²) in [4.78, 5) is 11.5. The molecule has 0 bridgehead atoms. The van der Waals surface area contributed by atoms with E-state index in [-0.39, 0.29) is 12.6 Å². The lowest BCUT2D eigenvalue weighted by Crippen LogP contribution is -2.36. The minimum atomic E-state index is -0.432. The van der Waals surface area contributed by atoms with Crippen LogP contribution in [0.25, 0.3) is 0 Å². The van der Waals surface area contributed by atoms with Gasteiger partial charge in [0.05, 0.1) is 0 Å². The maximum absolute atomic E-state index is 13.0. The van der Waals surface area contributed by atoms with Crippen molar-refractivity contribution < 1.29 is 14.3 Å². The van der Waals surface area contributed by atoms with Crippen molar-refractivity contribution in [3.8, 4) is 0 Å². The van der Waals surface area contributed by atoms with E-state index in [4.69, 9.17) is 5.11 Å². The largest absolute Gasteiger partial charge is 0.396 e. The third-order valence-corrected chi connectivity index (χ3v) is 2.52. The SMILES string of the molecule is C[C@H](CCO)NC(=O)Nc1cc(F)cc(Br)c1. The second kappa shape index (κ2) is 6.56. The van der Waals surface area contributed by atoms with Gasteiger partial charge in [0, 0.05) is 22.8 Å². The molecule has 0 aromatic heterocycles. The Morgan fingerprint density at radius 1 is 1.53 bits per heavy atom. The van der Waals surface area contributed by atoms with Gasteiger partial charge in [0.2, 0.25) is 0 Å². The number of amides is 2. The molecular formula is C11H14BrFN2O2. The highest BCUT2D eigenvalue weighted by molar-refractivity contribution is 9.10. The van der Waals surface area contributed by atoms with Crippen LogP contribution in [0.1, 0.15) is 13.3 Å². The van der Waals surface area contributed by atoms with Crippen molar-refractivity contribution in [1.82, 2.24) is 5.32 Å². The standard InChI is InChI=1S/C11H14BrFN2O2/c1-7(2-3-16)14-11(17)15-10-5-8(12)4-9(13)6-10/h4-7,16H,2-3H2,1H3,(H2,14,15,17)/t7-/m1/s1. The Hall–Kier alpha value is -1.14. The van der Waals surface area contributed by atoms with E-state index < -0.39 is 11.8 Å². The lowest BCUT2D eigenvalue weighted by Gasteiger charge is -2.13. The van der Waals surface area contributed by atoms with Gasteiger partial charge >= 0.3 is 6.03 Å². The summed E-state index contributed by atoms with van der Waals surface area (Å²) in [5, 5.41) is 13.8. The number of aliphatic hydroxyl groups excluding tert-OH is 1. The zero-order valence-corrected chi connectivity index (χ0v) is 10.9. The fraction of sp³-hybridized carbons (Fsp3) is 0.364. The van der Waals surface area contributed by atoms with E-state index in [0.29, 0.717) is 16.6 Å². The van der Waals surface area contributed by atoms with Crippen molar-refractivity contribution >= 4 is 27.6 Å². The summed E-state index contributed by atoms with van der Waals surface area (Å²) >= 11 is 3.13. The Morgan fingerprint density at radius 3 is 2.82 bits per heavy atom. The monoisotopic (exact) mass is 304 g/mol. The van der Waals surface area contributed by atoms with Gasteiger partial charge in [-0.05, 0) is 31.5 Å². The minimum Gasteiger partial charge on any atom is -0.396 e. The molecule has 1 atom stereocenters. The first-order chi connectivity index (χ1) is 8.01. The third kappa shape index (κ3) is 5.14. The Balaban J connectivity index is 2.56. The van der Waals surface area contributed by atoms with Crippen LogP contribution in [0.3, 0.4) is 0 Å². The van der Waals surface area contributed by atoms with Crippen molar-refractivity contribution in [1.29, 1.82) is 0 Å². The number of nitrogens with one attached hydrogen (secondary N) is 2. The molecule has 0 aliphatic rings. The van der Waals surface area contributed by atoms with Crippen LogP contribution in [-0.2, 0) is 0 Å². The molecule has 1 rings (SSSR count). The Kier molecular flexibility index (Phi) is 5.37. The second-order valence-corrected chi connectivity index (χ2v) is 4.59. The number of halogens is 2. The molecule has 0 unspecified atom stereocenters. The lowest BCUT2D eigenvalue weighted by atomic mass is 10.2. The summed E-state index contributed by atoms with van der Waals surface area (Å²) in [5.41, 5.74) is 0.366. The number of anilines is 1. The molecule has 3 N–H and O–H groups in total. The molecule has 0 fully saturated rings. The predicted molar refractivity (Wildman–Crippen MR) is 67.4 cm³/mol. The second-order valence-electron chi connectivity index (χ2n) is 3.67. The Morgan fingerprint density at radius 2 is 2.24 bits per heavy atom. The van der Waals surface area contributed by atoms with E-state index >= 15 is 0 Å². The van der Waals surface area contributed by atoms with Gasteiger partial charge in [-0.25, -0.2) is 9.18 Å². The highest BCUT2D eigenvalue weighted by Gasteiger charge is 2.07. The molecule has 0 aliphatic heterocycles. The molecule has 2 amide bonds. The fourth-order valence-electron chi connectivity index (χ4n) is 1.28. The average molecular weight is 305 g/mol. The fourth-order valence-corrected chi connectivity index (χ4v) is 1.75. The zero-order chi connectivity index (χ0) is 12.8. The molecule has 94 valence electrons. The smallest absolute Gasteiger partial charge is 0.319 e. The number of carbonyl (C=O) groups excluding carboxylic acids is 1. The first-order valence-corrected chi connectivity index (χ1v) is 5.95. The molecule has 0 heterocycles. The third-order valence-electron chi connectivity index (χ3n) is 2.06. The van der Waals surface area contributed by atoms with E-state index in [1.165, 1.54) is 12.1 Å². The predicted octanol–water partition coefficient (Wildman–Crippen LogP) is 2.48. The van der Waals surface area contributed by atoms with Crippen molar-refractivity contribution in [2.24, 2.45) is 0 Å². The zero-order valence-electron chi connectivity index (χ0n) is 9.34. The molecule has 17 heavy (non-hydrogen) atoms. The molecule has 6 heteroatoms. The average Bonchev–Trinajstić information content (AvgIpc) is 2.14. The van der Waals surface area contributed by atoms with Gasteiger partial charge in [-0.1, -0.05) is 15.9 Å². The van der Waals surface area contributed by atoms with Crippen molar-refractivity contribution in [2.45, 2.75) is 19.4 Å². The number of urea groups is 1. The number of benzene rings is 1. The summed E-state index contributed by atoms with van der Waals surface area (Å²) < 4.78 is 13.6. The van der Waals surface area contributed by atoms with E-state index in [2.05, 4.69) is 26.6 Å². The van der Waals surface area contributed by atoms with Gasteiger partial charge < -0.3 is 15.7 Å². The highest BCUT2D eigenvalue weighted by atomic mass is 79.9. The molecule has 0 aliphatic carbocycles. The molecule has 0 radical (unpaired) electrons. The van der Waals surface area contributed by atoms with Crippen molar-refractivity contribution in [2.75, 3.05) is 11.9 Å². The summed E-state index contributed by atoms with van der Waals surface area (Å²) in [6, 6.07) is 3.55. The molecule has 0 saturated carbocycles. The Labute approximate surface area is 107 Å². The highest BCUT2D eigenvalue weighted by Crippen LogP contribution is 2.18. The summed E-state index contributed by atoms with van der Waals surface area (Å²) in [5.74, 6) is -0.432. The lowest BCUT2D eigenvalue weighted by molar-refractivity contribution is 0.241. The van der Waals surface area contributed by atoms with Crippen LogP contribution < -0.4 is 10.6 Å². The number of hydrogen-bond donors (Lipinski definition) is 3. The number of carbonyl (C=O) groups is 1. The van der Waals surface area contributed by atoms with Crippen LogP contribution in [0.5, 0.6) is 0 Å². The van der Waals surface area contributed by atoms with Gasteiger partial charge in [-0.2, -0.15) is 0 Å². The van der Waals surface area contributed by atoms with Crippen molar-refractivity contribution in [3.05, 3.63) is 28.5 Å². The molecule has 0 spiro atoms. The maximum Gasteiger partial charge on any atom is 0.319 e. The van der Waals surface area contributed by atoms with Crippen LogP contribution in [-0.4, -0.2) is 23.8 Å². The quantitative estimate of drug-likeness (QED) is 0.800. The van der Waals surface area contributed by atoms with Gasteiger partial charge in [0.25, 0.3) is 0 Å². The van der Waals surface area contributed by atoms with E-state index in [1.807, 2.05) is 0 Å². The summed E-state index contributed by atoms with van der Waals surface area (Å²) in [7, 11) is 0. The van der Waals surface area contributed by atoms with Crippen LogP contribution in [0.2, 0.25) is 0 Å². The van der Waals surface area contributed by atoms with E-state index in [9.17, 15) is 9.18 Å². The van der Waals surface area contributed by atoms with E-state index in [1.54, 1.807) is 13.0 Å². The van der Waals surface area contributed by atoms with E-state index in [0.717, 1.165) is 0 Å². The molecule has 0 saturated heterocycles. The topological polar surface area (TPSA) is 61.4 Å². The maximum atomic E-state index is 13.0. The van der Waals surface area contributed by atoms with Gasteiger partial charge in [0.1, 0.15) is 5.82 Å². The molecule has 1 aromatic carbocycles.